The molecule has 1 aliphatic carbocycles. The van der Waals surface area contributed by atoms with E-state index >= 15 is 0 Å². The van der Waals surface area contributed by atoms with Crippen molar-refractivity contribution in [3.63, 3.8) is 0 Å². The van der Waals surface area contributed by atoms with E-state index in [1.807, 2.05) is 0 Å². The molecule has 21 heavy (non-hydrogen) atoms. The maximum atomic E-state index is 13.1. The fourth-order valence-electron chi connectivity index (χ4n) is 2.93. The molecule has 3 N–H and O–H groups in total. The van der Waals surface area contributed by atoms with E-state index in [0.717, 1.165) is 25.7 Å². The molecule has 1 fully saturated rings. The van der Waals surface area contributed by atoms with Gasteiger partial charge in [-0.15, -0.1) is 0 Å². The molecule has 0 unspecified atom stereocenters. The zero-order chi connectivity index (χ0) is 15.5. The normalized spacial score (nSPS) is 17.8. The Labute approximate surface area is 130 Å². The lowest BCUT2D eigenvalue weighted by molar-refractivity contribution is -0.122. The molecule has 0 atom stereocenters. The van der Waals surface area contributed by atoms with E-state index in [1.54, 1.807) is 13.0 Å². The van der Waals surface area contributed by atoms with E-state index in [-0.39, 0.29) is 16.7 Å². The monoisotopic (exact) mass is 308 g/mol. The summed E-state index contributed by atoms with van der Waals surface area (Å²) in [5.41, 5.74) is 6.43. The Bertz CT molecular complexity index is 551. The van der Waals surface area contributed by atoms with Gasteiger partial charge in [-0.25, -0.2) is 4.39 Å². The summed E-state index contributed by atoms with van der Waals surface area (Å²) in [6.45, 7) is 1.76. The topological polar surface area (TPSA) is 55.1 Å². The highest BCUT2D eigenvalue weighted by Crippen LogP contribution is 2.37. The summed E-state index contributed by atoms with van der Waals surface area (Å²) in [7, 11) is 0. The number of nitrogens with one attached hydrogen (secondary N) is 1. The summed E-state index contributed by atoms with van der Waals surface area (Å²) in [5.74, 6) is -0.476. The second-order valence-electron chi connectivity index (χ2n) is 5.77. The van der Waals surface area contributed by atoms with Crippen LogP contribution in [0.4, 0.5) is 10.1 Å². The van der Waals surface area contributed by atoms with Crippen LogP contribution >= 0.6 is 12.2 Å². The van der Waals surface area contributed by atoms with Crippen molar-refractivity contribution in [3.05, 3.63) is 29.6 Å². The van der Waals surface area contributed by atoms with E-state index in [4.69, 9.17) is 18.0 Å². The highest BCUT2D eigenvalue weighted by atomic mass is 32.1. The van der Waals surface area contributed by atoms with Crippen LogP contribution in [0.15, 0.2) is 18.2 Å². The second kappa shape index (κ2) is 6.52. The first-order valence-corrected chi connectivity index (χ1v) is 7.74. The van der Waals surface area contributed by atoms with Gasteiger partial charge in [-0.2, -0.15) is 0 Å². The standard InChI is InChI=1S/C16H21FN2OS/c1-11-10-12(17)6-7-13(11)19-15(20)16(14(18)21)8-4-2-3-5-9-16/h6-7,10H,2-5,8-9H2,1H3,(H2,18,21)(H,19,20). The summed E-state index contributed by atoms with van der Waals surface area (Å²) >= 11 is 5.19. The summed E-state index contributed by atoms with van der Waals surface area (Å²) < 4.78 is 13.1. The average Bonchev–Trinajstić information content (AvgIpc) is 2.68. The van der Waals surface area contributed by atoms with E-state index < -0.39 is 5.41 Å². The molecule has 0 bridgehead atoms. The minimum absolute atomic E-state index is 0.161. The first-order chi connectivity index (χ1) is 9.95. The Balaban J connectivity index is 2.24. The van der Waals surface area contributed by atoms with E-state index in [2.05, 4.69) is 5.32 Å². The van der Waals surface area contributed by atoms with E-state index in [0.29, 0.717) is 24.1 Å². The first-order valence-electron chi connectivity index (χ1n) is 7.33. The van der Waals surface area contributed by atoms with Crippen molar-refractivity contribution in [2.24, 2.45) is 11.1 Å². The Morgan fingerprint density at radius 3 is 2.43 bits per heavy atom. The van der Waals surface area contributed by atoms with Crippen LogP contribution < -0.4 is 11.1 Å². The van der Waals surface area contributed by atoms with Gasteiger partial charge in [0.05, 0.1) is 10.4 Å². The molecule has 2 rings (SSSR count). The number of carbonyl (C=O) groups is 1. The Morgan fingerprint density at radius 2 is 1.90 bits per heavy atom. The summed E-state index contributed by atoms with van der Waals surface area (Å²) in [5, 5.41) is 2.88. The van der Waals surface area contributed by atoms with Crippen molar-refractivity contribution >= 4 is 28.8 Å². The molecule has 0 aliphatic heterocycles. The number of nitrogens with two attached hydrogens (primary N) is 1. The first kappa shape index (κ1) is 15.9. The molecule has 114 valence electrons. The van der Waals surface area contributed by atoms with E-state index in [9.17, 15) is 9.18 Å². The molecule has 1 aromatic carbocycles. The Kier molecular flexibility index (Phi) is 4.93. The fraction of sp³-hybridized carbons (Fsp3) is 0.500. The van der Waals surface area contributed by atoms with Crippen molar-refractivity contribution in [1.29, 1.82) is 0 Å². The number of hydrogen-bond donors (Lipinski definition) is 2. The summed E-state index contributed by atoms with van der Waals surface area (Å²) in [6, 6.07) is 4.31. The van der Waals surface area contributed by atoms with Gasteiger partial charge in [0.2, 0.25) is 5.91 Å². The number of halogens is 1. The largest absolute Gasteiger partial charge is 0.392 e. The second-order valence-corrected chi connectivity index (χ2v) is 6.21. The van der Waals surface area contributed by atoms with Gasteiger partial charge in [0, 0.05) is 5.69 Å². The van der Waals surface area contributed by atoms with Gasteiger partial charge in [-0.1, -0.05) is 37.9 Å². The molecule has 1 amide bonds. The molecule has 5 heteroatoms. The van der Waals surface area contributed by atoms with Crippen LogP contribution in [-0.2, 0) is 4.79 Å². The van der Waals surface area contributed by atoms with Gasteiger partial charge < -0.3 is 11.1 Å². The molecule has 1 aliphatic rings. The fourth-order valence-corrected chi connectivity index (χ4v) is 3.22. The molecule has 1 saturated carbocycles. The zero-order valence-corrected chi connectivity index (χ0v) is 13.1. The van der Waals surface area contributed by atoms with Crippen molar-refractivity contribution in [3.8, 4) is 0 Å². The zero-order valence-electron chi connectivity index (χ0n) is 12.2. The number of anilines is 1. The van der Waals surface area contributed by atoms with Crippen LogP contribution in [0.3, 0.4) is 0 Å². The maximum absolute atomic E-state index is 13.1. The number of carbonyl (C=O) groups excluding carboxylic acids is 1. The van der Waals surface area contributed by atoms with Gasteiger partial charge in [0.25, 0.3) is 0 Å². The number of aryl methyl sites for hydroxylation is 1. The quantitative estimate of drug-likeness (QED) is 0.661. The third kappa shape index (κ3) is 3.40. The van der Waals surface area contributed by atoms with Gasteiger partial charge in [0.1, 0.15) is 5.82 Å². The number of benzene rings is 1. The predicted molar refractivity (Wildman–Crippen MR) is 86.7 cm³/mol. The lowest BCUT2D eigenvalue weighted by atomic mass is 9.79. The van der Waals surface area contributed by atoms with Crippen molar-refractivity contribution in [1.82, 2.24) is 0 Å². The third-order valence-corrected chi connectivity index (χ3v) is 4.69. The molecule has 0 radical (unpaired) electrons. The molecule has 3 nitrogen and oxygen atoms in total. The molecular formula is C16H21FN2OS. The Morgan fingerprint density at radius 1 is 1.29 bits per heavy atom. The minimum Gasteiger partial charge on any atom is -0.392 e. The van der Waals surface area contributed by atoms with Crippen molar-refractivity contribution in [2.45, 2.75) is 45.4 Å². The Hall–Kier alpha value is -1.49. The average molecular weight is 308 g/mol. The van der Waals surface area contributed by atoms with Gasteiger partial charge in [-0.3, -0.25) is 4.79 Å². The van der Waals surface area contributed by atoms with Crippen LogP contribution in [0.25, 0.3) is 0 Å². The van der Waals surface area contributed by atoms with Crippen LogP contribution in [0.1, 0.15) is 44.1 Å². The van der Waals surface area contributed by atoms with Crippen molar-refractivity contribution in [2.75, 3.05) is 5.32 Å². The van der Waals surface area contributed by atoms with Crippen molar-refractivity contribution < 1.29 is 9.18 Å². The molecule has 0 heterocycles. The maximum Gasteiger partial charge on any atom is 0.237 e. The highest BCUT2D eigenvalue weighted by Gasteiger charge is 2.41. The smallest absolute Gasteiger partial charge is 0.237 e. The molecule has 0 aromatic heterocycles. The van der Waals surface area contributed by atoms with Gasteiger partial charge >= 0.3 is 0 Å². The number of amides is 1. The van der Waals surface area contributed by atoms with Crippen LogP contribution in [0.2, 0.25) is 0 Å². The third-order valence-electron chi connectivity index (χ3n) is 4.30. The van der Waals surface area contributed by atoms with Crippen LogP contribution in [0.5, 0.6) is 0 Å². The van der Waals surface area contributed by atoms with E-state index in [1.165, 1.54) is 12.1 Å². The minimum atomic E-state index is -0.771. The highest BCUT2D eigenvalue weighted by molar-refractivity contribution is 7.80. The molecule has 0 saturated heterocycles. The van der Waals surface area contributed by atoms with Gasteiger partial charge in [-0.05, 0) is 43.5 Å². The van der Waals surface area contributed by atoms with Crippen LogP contribution in [0, 0.1) is 18.2 Å². The molecular weight excluding hydrogens is 287 g/mol. The predicted octanol–water partition coefficient (Wildman–Crippen LogP) is 3.70. The number of rotatable bonds is 3. The SMILES string of the molecule is Cc1cc(F)ccc1NC(=O)C1(C(N)=S)CCCCCC1. The van der Waals surface area contributed by atoms with Gasteiger partial charge in [0.15, 0.2) is 0 Å². The van der Waals surface area contributed by atoms with Crippen LogP contribution in [-0.4, -0.2) is 10.9 Å². The lowest BCUT2D eigenvalue weighted by Gasteiger charge is -2.30. The molecule has 1 aromatic rings. The lowest BCUT2D eigenvalue weighted by Crippen LogP contribution is -2.45. The summed E-state index contributed by atoms with van der Waals surface area (Å²) in [4.78, 5) is 13.0. The number of hydrogen-bond acceptors (Lipinski definition) is 2. The summed E-state index contributed by atoms with van der Waals surface area (Å²) in [6.07, 6.45) is 5.49. The molecule has 0 spiro atoms. The number of thiocarbonyl (C=S) groups is 1.